The Balaban J connectivity index is 1.79. The molecule has 0 radical (unpaired) electrons. The first-order valence-electron chi connectivity index (χ1n) is 8.14. The number of carbonyl (C=O) groups is 2. The van der Waals surface area contributed by atoms with Crippen molar-refractivity contribution in [2.24, 2.45) is 4.99 Å². The Bertz CT molecular complexity index is 959. The fourth-order valence-corrected chi connectivity index (χ4v) is 2.71. The van der Waals surface area contributed by atoms with Crippen LogP contribution >= 0.6 is 0 Å². The molecule has 0 atom stereocenters. The number of rotatable bonds is 5. The van der Waals surface area contributed by atoms with Gasteiger partial charge in [-0.2, -0.15) is 0 Å². The zero-order chi connectivity index (χ0) is 19.6. The summed E-state index contributed by atoms with van der Waals surface area (Å²) >= 11 is 0. The lowest BCUT2D eigenvalue weighted by Crippen LogP contribution is -2.32. The van der Waals surface area contributed by atoms with Crippen molar-refractivity contribution in [2.45, 2.75) is 13.3 Å². The van der Waals surface area contributed by atoms with Gasteiger partial charge >= 0.3 is 0 Å². The number of Topliss-reactive ketones (excluding diaryl/α,β-unsaturated/α-hetero) is 1. The second-order valence-electron chi connectivity index (χ2n) is 6.10. The van der Waals surface area contributed by atoms with Crippen molar-refractivity contribution in [3.05, 3.63) is 82.3 Å². The zero-order valence-corrected chi connectivity index (χ0v) is 14.4. The molecular formula is C20H15F3N2O2. The molecule has 0 fully saturated rings. The molecule has 1 aliphatic heterocycles. The molecule has 0 aliphatic carbocycles. The highest BCUT2D eigenvalue weighted by Gasteiger charge is 2.27. The van der Waals surface area contributed by atoms with Gasteiger partial charge in [-0.3, -0.25) is 14.6 Å². The first-order chi connectivity index (χ1) is 12.9. The number of aliphatic imine (C=N–C) groups is 1. The molecule has 1 heterocycles. The lowest BCUT2D eigenvalue weighted by molar-refractivity contribution is -0.112. The van der Waals surface area contributed by atoms with E-state index in [0.717, 1.165) is 18.2 Å². The third kappa shape index (κ3) is 3.97. The number of hydrogen-bond acceptors (Lipinski definition) is 3. The minimum atomic E-state index is -1.00. The molecule has 3 rings (SSSR count). The number of ketones is 1. The van der Waals surface area contributed by atoms with Crippen LogP contribution < -0.4 is 5.32 Å². The summed E-state index contributed by atoms with van der Waals surface area (Å²) in [5.41, 5.74) is 0.633. The van der Waals surface area contributed by atoms with Crippen LogP contribution in [0.2, 0.25) is 0 Å². The van der Waals surface area contributed by atoms with Crippen molar-refractivity contribution >= 4 is 17.4 Å². The molecule has 1 aliphatic rings. The highest BCUT2D eigenvalue weighted by atomic mass is 19.1. The molecule has 1 amide bonds. The zero-order valence-electron chi connectivity index (χ0n) is 14.4. The quantitative estimate of drug-likeness (QED) is 0.875. The van der Waals surface area contributed by atoms with Crippen LogP contribution in [0.4, 0.5) is 13.2 Å². The van der Waals surface area contributed by atoms with E-state index in [-0.39, 0.29) is 30.2 Å². The van der Waals surface area contributed by atoms with Crippen LogP contribution in [-0.2, 0) is 11.2 Å². The van der Waals surface area contributed by atoms with Gasteiger partial charge in [-0.15, -0.1) is 0 Å². The third-order valence-corrected chi connectivity index (χ3v) is 4.11. The smallest absolute Gasteiger partial charge is 0.261 e. The molecule has 2 aromatic carbocycles. The van der Waals surface area contributed by atoms with Crippen LogP contribution in [0.1, 0.15) is 22.8 Å². The number of nitrogens with one attached hydrogen (secondary N) is 1. The summed E-state index contributed by atoms with van der Waals surface area (Å²) in [6, 6.07) is 8.54. The molecule has 0 aromatic heterocycles. The van der Waals surface area contributed by atoms with Gasteiger partial charge in [0.05, 0.1) is 12.2 Å². The maximum absolute atomic E-state index is 13.8. The Labute approximate surface area is 153 Å². The normalized spacial score (nSPS) is 13.6. The van der Waals surface area contributed by atoms with E-state index < -0.39 is 28.9 Å². The number of amides is 1. The summed E-state index contributed by atoms with van der Waals surface area (Å²) in [7, 11) is 0. The monoisotopic (exact) mass is 372 g/mol. The van der Waals surface area contributed by atoms with Gasteiger partial charge in [-0.1, -0.05) is 18.2 Å². The van der Waals surface area contributed by atoms with Crippen molar-refractivity contribution in [3.63, 3.8) is 0 Å². The van der Waals surface area contributed by atoms with Gasteiger partial charge < -0.3 is 5.32 Å². The van der Waals surface area contributed by atoms with Gasteiger partial charge in [0.15, 0.2) is 5.78 Å². The number of benzene rings is 2. The van der Waals surface area contributed by atoms with Crippen molar-refractivity contribution in [1.29, 1.82) is 0 Å². The van der Waals surface area contributed by atoms with Gasteiger partial charge in [-0.05, 0) is 42.3 Å². The average molecular weight is 372 g/mol. The van der Waals surface area contributed by atoms with Gasteiger partial charge in [0.25, 0.3) is 5.91 Å². The number of nitrogens with zero attached hydrogens (tertiary/aromatic N) is 1. The maximum Gasteiger partial charge on any atom is 0.261 e. The molecule has 0 bridgehead atoms. The molecule has 4 nitrogen and oxygen atoms in total. The summed E-state index contributed by atoms with van der Waals surface area (Å²) in [6.45, 7) is 1.86. The number of allylic oxidation sites excluding steroid dienone is 1. The SMILES string of the molecule is CC1=C(NC(=O)c2c(F)cccc2F)C(C(=O)Cc2ccc(F)cc2)=NC1. The van der Waals surface area contributed by atoms with Gasteiger partial charge in [0.1, 0.15) is 28.7 Å². The second-order valence-corrected chi connectivity index (χ2v) is 6.10. The minimum Gasteiger partial charge on any atom is -0.320 e. The van der Waals surface area contributed by atoms with Crippen LogP contribution in [0, 0.1) is 17.5 Å². The predicted molar refractivity (Wildman–Crippen MR) is 93.9 cm³/mol. The number of hydrogen-bond donors (Lipinski definition) is 1. The Hall–Kier alpha value is -3.22. The van der Waals surface area contributed by atoms with Crippen LogP contribution in [0.15, 0.2) is 58.7 Å². The van der Waals surface area contributed by atoms with E-state index in [2.05, 4.69) is 10.3 Å². The molecule has 2 aromatic rings. The highest BCUT2D eigenvalue weighted by Crippen LogP contribution is 2.18. The van der Waals surface area contributed by atoms with Crippen LogP contribution in [0.3, 0.4) is 0 Å². The minimum absolute atomic E-state index is 0.0296. The molecule has 0 spiro atoms. The van der Waals surface area contributed by atoms with Crippen LogP contribution in [0.5, 0.6) is 0 Å². The van der Waals surface area contributed by atoms with Gasteiger partial charge in [0, 0.05) is 6.42 Å². The topological polar surface area (TPSA) is 58.5 Å². The van der Waals surface area contributed by atoms with E-state index in [4.69, 9.17) is 0 Å². The van der Waals surface area contributed by atoms with Crippen molar-refractivity contribution in [1.82, 2.24) is 5.32 Å². The van der Waals surface area contributed by atoms with Crippen molar-refractivity contribution in [2.75, 3.05) is 6.54 Å². The standard InChI is InChI=1S/C20H15F3N2O2/c1-11-10-24-19(16(26)9-12-5-7-13(21)8-6-12)18(11)25-20(27)17-14(22)3-2-4-15(17)23/h2-8H,9-10H2,1H3,(H,25,27). The first-order valence-corrected chi connectivity index (χ1v) is 8.14. The van der Waals surface area contributed by atoms with Gasteiger partial charge in [-0.25, -0.2) is 13.2 Å². The van der Waals surface area contributed by atoms with Gasteiger partial charge in [0.2, 0.25) is 0 Å². The maximum atomic E-state index is 13.8. The molecule has 1 N–H and O–H groups in total. The molecule has 138 valence electrons. The predicted octanol–water partition coefficient (Wildman–Crippen LogP) is 3.37. The molecule has 0 saturated heterocycles. The van der Waals surface area contributed by atoms with E-state index in [1.54, 1.807) is 6.92 Å². The van der Waals surface area contributed by atoms with Crippen LogP contribution in [0.25, 0.3) is 0 Å². The Morgan fingerprint density at radius 1 is 1.04 bits per heavy atom. The van der Waals surface area contributed by atoms with Crippen molar-refractivity contribution in [3.8, 4) is 0 Å². The Kier molecular flexibility index (Phi) is 5.21. The lowest BCUT2D eigenvalue weighted by atomic mass is 10.0. The summed E-state index contributed by atoms with van der Waals surface area (Å²) in [4.78, 5) is 29.0. The number of halogens is 3. The molecule has 0 unspecified atom stereocenters. The fraction of sp³-hybridized carbons (Fsp3) is 0.150. The third-order valence-electron chi connectivity index (χ3n) is 4.11. The van der Waals surface area contributed by atoms with E-state index in [1.165, 1.54) is 24.3 Å². The fourth-order valence-electron chi connectivity index (χ4n) is 2.71. The van der Waals surface area contributed by atoms with E-state index in [0.29, 0.717) is 11.1 Å². The largest absolute Gasteiger partial charge is 0.320 e. The molecule has 7 heteroatoms. The lowest BCUT2D eigenvalue weighted by Gasteiger charge is -2.11. The summed E-state index contributed by atoms with van der Waals surface area (Å²) in [6.07, 6.45) is -0.0418. The van der Waals surface area contributed by atoms with E-state index >= 15 is 0 Å². The highest BCUT2D eigenvalue weighted by molar-refractivity contribution is 6.47. The molecule has 0 saturated carbocycles. The number of carbonyl (C=O) groups excluding carboxylic acids is 2. The Morgan fingerprint density at radius 3 is 2.30 bits per heavy atom. The second kappa shape index (κ2) is 7.57. The summed E-state index contributed by atoms with van der Waals surface area (Å²) in [5.74, 6) is -3.80. The average Bonchev–Trinajstić information content (AvgIpc) is 2.97. The summed E-state index contributed by atoms with van der Waals surface area (Å²) in [5, 5.41) is 2.40. The molecular weight excluding hydrogens is 357 g/mol. The Morgan fingerprint density at radius 2 is 1.67 bits per heavy atom. The summed E-state index contributed by atoms with van der Waals surface area (Å²) < 4.78 is 40.6. The van der Waals surface area contributed by atoms with Crippen molar-refractivity contribution < 1.29 is 22.8 Å². The first kappa shape index (κ1) is 18.6. The molecule has 27 heavy (non-hydrogen) atoms. The van der Waals surface area contributed by atoms with E-state index in [1.807, 2.05) is 0 Å². The van der Waals surface area contributed by atoms with Crippen LogP contribution in [-0.4, -0.2) is 23.9 Å². The van der Waals surface area contributed by atoms with E-state index in [9.17, 15) is 22.8 Å².